The Morgan fingerprint density at radius 2 is 2.00 bits per heavy atom. The van der Waals surface area contributed by atoms with Crippen molar-refractivity contribution in [1.29, 1.82) is 0 Å². The third-order valence-electron chi connectivity index (χ3n) is 2.37. The molecule has 0 aliphatic rings. The first-order valence-corrected chi connectivity index (χ1v) is 5.34. The second kappa shape index (κ2) is 4.64. The van der Waals surface area contributed by atoms with Crippen LogP contribution in [0.2, 0.25) is 0 Å². The van der Waals surface area contributed by atoms with Crippen molar-refractivity contribution in [2.75, 3.05) is 0 Å². The molecule has 88 valence electrons. The number of halogens is 1. The fourth-order valence-electron chi connectivity index (χ4n) is 1.19. The van der Waals surface area contributed by atoms with Gasteiger partial charge in [0.15, 0.2) is 0 Å². The Kier molecular flexibility index (Phi) is 3.68. The van der Waals surface area contributed by atoms with Crippen LogP contribution in [-0.4, -0.2) is 5.91 Å². The highest BCUT2D eigenvalue weighted by molar-refractivity contribution is 5.81. The lowest BCUT2D eigenvalue weighted by atomic mass is 9.95. The smallest absolute Gasteiger partial charge is 0.225 e. The van der Waals surface area contributed by atoms with Gasteiger partial charge in [-0.25, -0.2) is 4.39 Å². The Balaban J connectivity index is 2.62. The molecule has 0 heterocycles. The summed E-state index contributed by atoms with van der Waals surface area (Å²) < 4.78 is 13.2. The van der Waals surface area contributed by atoms with E-state index in [1.807, 2.05) is 26.8 Å². The van der Waals surface area contributed by atoms with Crippen molar-refractivity contribution < 1.29 is 9.18 Å². The van der Waals surface area contributed by atoms with Gasteiger partial charge in [-0.3, -0.25) is 4.79 Å². The number of nitrogens with one attached hydrogen (secondary N) is 1. The van der Waals surface area contributed by atoms with Crippen molar-refractivity contribution in [1.82, 2.24) is 5.32 Å². The van der Waals surface area contributed by atoms with Gasteiger partial charge in [0.1, 0.15) is 5.82 Å². The summed E-state index contributed by atoms with van der Waals surface area (Å²) in [5.74, 6) is -0.268. The average Bonchev–Trinajstić information content (AvgIpc) is 2.18. The summed E-state index contributed by atoms with van der Waals surface area (Å²) >= 11 is 0. The lowest BCUT2D eigenvalue weighted by molar-refractivity contribution is -0.128. The van der Waals surface area contributed by atoms with Crippen LogP contribution in [0.3, 0.4) is 0 Å². The maximum Gasteiger partial charge on any atom is 0.225 e. The molecule has 0 bridgehead atoms. The summed E-state index contributed by atoms with van der Waals surface area (Å²) in [7, 11) is 0. The minimum absolute atomic E-state index is 0.0338. The number of rotatable bonds is 2. The van der Waals surface area contributed by atoms with Gasteiger partial charge in [-0.05, 0) is 24.1 Å². The summed E-state index contributed by atoms with van der Waals surface area (Å²) in [4.78, 5) is 11.6. The highest BCUT2D eigenvalue weighted by Gasteiger charge is 2.20. The molecule has 16 heavy (non-hydrogen) atoms. The molecule has 0 spiro atoms. The van der Waals surface area contributed by atoms with Gasteiger partial charge in [0, 0.05) is 12.0 Å². The normalized spacial score (nSPS) is 11.3. The van der Waals surface area contributed by atoms with E-state index in [1.54, 1.807) is 13.0 Å². The van der Waals surface area contributed by atoms with E-state index >= 15 is 0 Å². The predicted octanol–water partition coefficient (Wildman–Crippen LogP) is 2.80. The molecule has 1 aromatic carbocycles. The number of hydrogen-bond acceptors (Lipinski definition) is 1. The van der Waals surface area contributed by atoms with Crippen molar-refractivity contribution in [2.45, 2.75) is 34.2 Å². The third-order valence-corrected chi connectivity index (χ3v) is 2.37. The molecule has 0 aliphatic carbocycles. The van der Waals surface area contributed by atoms with E-state index in [4.69, 9.17) is 0 Å². The van der Waals surface area contributed by atoms with Gasteiger partial charge in [-0.2, -0.15) is 0 Å². The van der Waals surface area contributed by atoms with Crippen LogP contribution in [0.25, 0.3) is 0 Å². The summed E-state index contributed by atoms with van der Waals surface area (Å²) in [5.41, 5.74) is 0.982. The van der Waals surface area contributed by atoms with Crippen LogP contribution in [0.4, 0.5) is 4.39 Å². The number of amides is 1. The van der Waals surface area contributed by atoms with E-state index in [-0.39, 0.29) is 11.7 Å². The van der Waals surface area contributed by atoms with E-state index in [1.165, 1.54) is 6.07 Å². The van der Waals surface area contributed by atoms with E-state index in [2.05, 4.69) is 5.32 Å². The third kappa shape index (κ3) is 3.33. The van der Waals surface area contributed by atoms with Gasteiger partial charge in [0.2, 0.25) is 5.91 Å². The van der Waals surface area contributed by atoms with Gasteiger partial charge in [0.05, 0.1) is 0 Å². The Labute approximate surface area is 95.9 Å². The van der Waals surface area contributed by atoms with Gasteiger partial charge >= 0.3 is 0 Å². The molecule has 0 saturated carbocycles. The minimum atomic E-state index is -0.413. The topological polar surface area (TPSA) is 29.1 Å². The summed E-state index contributed by atoms with van der Waals surface area (Å²) in [5, 5.41) is 2.78. The molecule has 0 fully saturated rings. The molecule has 0 aliphatic heterocycles. The van der Waals surface area contributed by atoms with Gasteiger partial charge in [-0.15, -0.1) is 0 Å². The fraction of sp³-hybridized carbons (Fsp3) is 0.462. The molecule has 0 saturated heterocycles. The monoisotopic (exact) mass is 223 g/mol. The van der Waals surface area contributed by atoms with Gasteiger partial charge < -0.3 is 5.32 Å². The van der Waals surface area contributed by atoms with Crippen LogP contribution < -0.4 is 5.32 Å². The van der Waals surface area contributed by atoms with Crippen LogP contribution in [0.15, 0.2) is 18.2 Å². The first-order valence-electron chi connectivity index (χ1n) is 5.34. The zero-order valence-electron chi connectivity index (χ0n) is 10.2. The Morgan fingerprint density at radius 3 is 2.50 bits per heavy atom. The molecule has 0 unspecified atom stereocenters. The van der Waals surface area contributed by atoms with Gasteiger partial charge in [0.25, 0.3) is 0 Å². The van der Waals surface area contributed by atoms with Crippen molar-refractivity contribution in [3.05, 3.63) is 35.1 Å². The SMILES string of the molecule is Cc1ccc(CNC(=O)C(C)(C)C)cc1F. The van der Waals surface area contributed by atoms with Crippen molar-refractivity contribution >= 4 is 5.91 Å². The van der Waals surface area contributed by atoms with Crippen LogP contribution in [0.1, 0.15) is 31.9 Å². The van der Waals surface area contributed by atoms with E-state index in [0.717, 1.165) is 5.56 Å². The quantitative estimate of drug-likeness (QED) is 0.820. The minimum Gasteiger partial charge on any atom is -0.352 e. The summed E-state index contributed by atoms with van der Waals surface area (Å²) in [6.45, 7) is 7.62. The second-order valence-electron chi connectivity index (χ2n) is 5.02. The number of hydrogen-bond donors (Lipinski definition) is 1. The molecule has 1 amide bonds. The number of benzene rings is 1. The van der Waals surface area contributed by atoms with Crippen molar-refractivity contribution in [2.24, 2.45) is 5.41 Å². The van der Waals surface area contributed by atoms with Crippen molar-refractivity contribution in [3.8, 4) is 0 Å². The molecular weight excluding hydrogens is 205 g/mol. The number of carbonyl (C=O) groups is 1. The maximum atomic E-state index is 13.2. The molecule has 0 atom stereocenters. The van der Waals surface area contributed by atoms with Crippen LogP contribution in [0.5, 0.6) is 0 Å². The first kappa shape index (κ1) is 12.7. The highest BCUT2D eigenvalue weighted by Crippen LogP contribution is 2.13. The Morgan fingerprint density at radius 1 is 1.38 bits per heavy atom. The highest BCUT2D eigenvalue weighted by atomic mass is 19.1. The van der Waals surface area contributed by atoms with E-state index < -0.39 is 5.41 Å². The summed E-state index contributed by atoms with van der Waals surface area (Å²) in [6, 6.07) is 4.99. The average molecular weight is 223 g/mol. The zero-order chi connectivity index (χ0) is 12.3. The molecule has 0 radical (unpaired) electrons. The van der Waals surface area contributed by atoms with E-state index in [0.29, 0.717) is 12.1 Å². The van der Waals surface area contributed by atoms with Crippen LogP contribution in [0, 0.1) is 18.2 Å². The predicted molar refractivity (Wildman–Crippen MR) is 62.4 cm³/mol. The maximum absolute atomic E-state index is 13.2. The molecule has 1 aromatic rings. The van der Waals surface area contributed by atoms with Crippen LogP contribution >= 0.6 is 0 Å². The molecule has 2 nitrogen and oxygen atoms in total. The summed E-state index contributed by atoms with van der Waals surface area (Å²) in [6.07, 6.45) is 0. The number of carbonyl (C=O) groups excluding carboxylic acids is 1. The standard InChI is InChI=1S/C13H18FNO/c1-9-5-6-10(7-11(9)14)8-15-12(16)13(2,3)4/h5-7H,8H2,1-4H3,(H,15,16). The second-order valence-corrected chi connectivity index (χ2v) is 5.02. The largest absolute Gasteiger partial charge is 0.352 e. The molecule has 3 heteroatoms. The molecule has 1 N–H and O–H groups in total. The fourth-order valence-corrected chi connectivity index (χ4v) is 1.19. The Bertz CT molecular complexity index is 393. The van der Waals surface area contributed by atoms with Gasteiger partial charge in [-0.1, -0.05) is 32.9 Å². The molecule has 0 aromatic heterocycles. The van der Waals surface area contributed by atoms with E-state index in [9.17, 15) is 9.18 Å². The molecule has 1 rings (SSSR count). The molecular formula is C13H18FNO. The lowest BCUT2D eigenvalue weighted by Gasteiger charge is -2.17. The Hall–Kier alpha value is -1.38. The lowest BCUT2D eigenvalue weighted by Crippen LogP contribution is -2.34. The van der Waals surface area contributed by atoms with Crippen LogP contribution in [-0.2, 0) is 11.3 Å². The first-order chi connectivity index (χ1) is 7.30. The number of aryl methyl sites for hydroxylation is 1. The van der Waals surface area contributed by atoms with Crippen molar-refractivity contribution in [3.63, 3.8) is 0 Å². The zero-order valence-corrected chi connectivity index (χ0v) is 10.2.